The number of amides is 1. The van der Waals surface area contributed by atoms with Crippen molar-refractivity contribution in [1.82, 2.24) is 9.88 Å². The van der Waals surface area contributed by atoms with Crippen LogP contribution in [0.4, 0.5) is 0 Å². The number of aromatic nitrogens is 1. The van der Waals surface area contributed by atoms with Gasteiger partial charge in [-0.1, -0.05) is 12.1 Å². The summed E-state index contributed by atoms with van der Waals surface area (Å²) >= 11 is 1.65. The van der Waals surface area contributed by atoms with E-state index in [0.717, 1.165) is 35.0 Å². The molecule has 23 heavy (non-hydrogen) atoms. The van der Waals surface area contributed by atoms with Crippen LogP contribution in [0.3, 0.4) is 0 Å². The number of methoxy groups -OCH3 is 2. The monoisotopic (exact) mass is 332 g/mol. The number of nitrogens with zero attached hydrogens (tertiary/aromatic N) is 2. The molecule has 2 heterocycles. The fourth-order valence-electron chi connectivity index (χ4n) is 2.68. The summed E-state index contributed by atoms with van der Waals surface area (Å²) < 4.78 is 10.3. The van der Waals surface area contributed by atoms with Crippen LogP contribution >= 0.6 is 11.3 Å². The lowest BCUT2D eigenvalue weighted by Gasteiger charge is -2.26. The first-order chi connectivity index (χ1) is 11.2. The van der Waals surface area contributed by atoms with Crippen molar-refractivity contribution in [1.29, 1.82) is 0 Å². The molecule has 1 aromatic heterocycles. The lowest BCUT2D eigenvalue weighted by atomic mass is 10.1. The number of carbonyl (C=O) groups is 1. The Bertz CT molecular complexity index is 682. The van der Waals surface area contributed by atoms with E-state index in [2.05, 4.69) is 4.98 Å². The molecule has 5 nitrogen and oxygen atoms in total. The fourth-order valence-corrected chi connectivity index (χ4v) is 3.78. The zero-order chi connectivity index (χ0) is 16.2. The first-order valence-corrected chi connectivity index (χ1v) is 8.38. The highest BCUT2D eigenvalue weighted by atomic mass is 32.1. The molecule has 2 aromatic rings. The molecule has 0 atom stereocenters. The minimum absolute atomic E-state index is 0.155. The largest absolute Gasteiger partial charge is 0.497 e. The summed E-state index contributed by atoms with van der Waals surface area (Å²) in [5, 5.41) is 0.988. The molecule has 0 saturated carbocycles. The molecule has 122 valence electrons. The predicted molar refractivity (Wildman–Crippen MR) is 88.6 cm³/mol. The van der Waals surface area contributed by atoms with Gasteiger partial charge in [-0.3, -0.25) is 4.79 Å². The Balaban J connectivity index is 1.63. The van der Waals surface area contributed by atoms with Crippen LogP contribution in [0.5, 0.6) is 5.75 Å². The van der Waals surface area contributed by atoms with E-state index in [-0.39, 0.29) is 5.91 Å². The Morgan fingerprint density at radius 2 is 2.09 bits per heavy atom. The van der Waals surface area contributed by atoms with Crippen molar-refractivity contribution in [3.63, 3.8) is 0 Å². The summed E-state index contributed by atoms with van der Waals surface area (Å²) in [4.78, 5) is 20.2. The third-order valence-corrected chi connectivity index (χ3v) is 4.97. The first kappa shape index (κ1) is 16.0. The number of hydrogen-bond donors (Lipinski definition) is 0. The van der Waals surface area contributed by atoms with Gasteiger partial charge in [0.25, 0.3) is 0 Å². The van der Waals surface area contributed by atoms with Crippen LogP contribution in [-0.4, -0.2) is 36.6 Å². The molecule has 0 aliphatic carbocycles. The molecule has 0 fully saturated rings. The van der Waals surface area contributed by atoms with Gasteiger partial charge in [-0.25, -0.2) is 4.98 Å². The van der Waals surface area contributed by atoms with Gasteiger partial charge in [0, 0.05) is 25.0 Å². The Morgan fingerprint density at radius 3 is 2.78 bits per heavy atom. The highest BCUT2D eigenvalue weighted by Gasteiger charge is 2.24. The lowest BCUT2D eigenvalue weighted by Crippen LogP contribution is -2.36. The standard InChI is InChI=1S/C17H20N2O3S/c1-21-11-16-18-14-7-8-19(10-15(14)23-16)17(20)9-12-3-5-13(22-2)6-4-12/h3-6H,7-11H2,1-2H3. The number of thiazole rings is 1. The zero-order valence-corrected chi connectivity index (χ0v) is 14.2. The van der Waals surface area contributed by atoms with Crippen molar-refractivity contribution in [2.75, 3.05) is 20.8 Å². The van der Waals surface area contributed by atoms with Gasteiger partial charge in [0.2, 0.25) is 5.91 Å². The van der Waals surface area contributed by atoms with Crippen molar-refractivity contribution < 1.29 is 14.3 Å². The smallest absolute Gasteiger partial charge is 0.227 e. The molecule has 6 heteroatoms. The summed E-state index contributed by atoms with van der Waals surface area (Å²) in [7, 11) is 3.31. The summed E-state index contributed by atoms with van der Waals surface area (Å²) in [6.07, 6.45) is 1.24. The molecule has 0 saturated heterocycles. The van der Waals surface area contributed by atoms with Gasteiger partial charge in [0.1, 0.15) is 10.8 Å². The highest BCUT2D eigenvalue weighted by molar-refractivity contribution is 7.11. The van der Waals surface area contributed by atoms with Crippen molar-refractivity contribution in [3.8, 4) is 5.75 Å². The van der Waals surface area contributed by atoms with Crippen LogP contribution in [0.15, 0.2) is 24.3 Å². The predicted octanol–water partition coefficient (Wildman–Crippen LogP) is 2.43. The number of carbonyl (C=O) groups excluding carboxylic acids is 1. The molecule has 0 spiro atoms. The normalized spacial score (nSPS) is 13.7. The van der Waals surface area contributed by atoms with E-state index in [9.17, 15) is 4.79 Å². The third-order valence-electron chi connectivity index (χ3n) is 3.91. The van der Waals surface area contributed by atoms with E-state index < -0.39 is 0 Å². The quantitative estimate of drug-likeness (QED) is 0.844. The highest BCUT2D eigenvalue weighted by Crippen LogP contribution is 2.26. The minimum Gasteiger partial charge on any atom is -0.497 e. The zero-order valence-electron chi connectivity index (χ0n) is 13.4. The van der Waals surface area contributed by atoms with Crippen LogP contribution in [0, 0.1) is 0 Å². The molecule has 0 unspecified atom stereocenters. The maximum Gasteiger partial charge on any atom is 0.227 e. The lowest BCUT2D eigenvalue weighted by molar-refractivity contribution is -0.131. The van der Waals surface area contributed by atoms with E-state index >= 15 is 0 Å². The molecular weight excluding hydrogens is 312 g/mol. The molecule has 1 aliphatic heterocycles. The molecule has 0 radical (unpaired) electrons. The number of fused-ring (bicyclic) bond motifs is 1. The molecule has 1 aromatic carbocycles. The summed E-state index contributed by atoms with van der Waals surface area (Å²) in [6, 6.07) is 7.65. The molecule has 1 aliphatic rings. The Kier molecular flexibility index (Phi) is 4.93. The van der Waals surface area contributed by atoms with Crippen LogP contribution < -0.4 is 4.74 Å². The van der Waals surface area contributed by atoms with E-state index in [0.29, 0.717) is 19.6 Å². The maximum atomic E-state index is 12.5. The van der Waals surface area contributed by atoms with Crippen molar-refractivity contribution in [2.45, 2.75) is 26.0 Å². The van der Waals surface area contributed by atoms with E-state index in [4.69, 9.17) is 9.47 Å². The van der Waals surface area contributed by atoms with Crippen LogP contribution in [0.2, 0.25) is 0 Å². The molecule has 3 rings (SSSR count). The second-order valence-corrected chi connectivity index (χ2v) is 6.67. The second-order valence-electron chi connectivity index (χ2n) is 5.50. The molecule has 0 N–H and O–H groups in total. The van der Waals surface area contributed by atoms with E-state index in [1.165, 1.54) is 4.88 Å². The Labute approximate surface area is 139 Å². The molecular formula is C17H20N2O3S. The summed E-state index contributed by atoms with van der Waals surface area (Å²) in [5.41, 5.74) is 2.13. The van der Waals surface area contributed by atoms with E-state index in [1.54, 1.807) is 25.6 Å². The van der Waals surface area contributed by atoms with Gasteiger partial charge in [-0.05, 0) is 17.7 Å². The average Bonchev–Trinajstić information content (AvgIpc) is 2.97. The second kappa shape index (κ2) is 7.10. The number of ether oxygens (including phenoxy) is 2. The van der Waals surface area contributed by atoms with Gasteiger partial charge in [-0.2, -0.15) is 0 Å². The minimum atomic E-state index is 0.155. The Hall–Kier alpha value is -1.92. The van der Waals surface area contributed by atoms with Crippen LogP contribution in [0.1, 0.15) is 21.1 Å². The number of benzene rings is 1. The van der Waals surface area contributed by atoms with Gasteiger partial charge in [-0.15, -0.1) is 11.3 Å². The molecule has 1 amide bonds. The topological polar surface area (TPSA) is 51.7 Å². The van der Waals surface area contributed by atoms with Gasteiger partial charge < -0.3 is 14.4 Å². The van der Waals surface area contributed by atoms with E-state index in [1.807, 2.05) is 29.2 Å². The maximum absolute atomic E-state index is 12.5. The van der Waals surface area contributed by atoms with Crippen LogP contribution in [-0.2, 0) is 35.5 Å². The van der Waals surface area contributed by atoms with Gasteiger partial charge in [0.15, 0.2) is 0 Å². The van der Waals surface area contributed by atoms with Crippen molar-refractivity contribution in [3.05, 3.63) is 45.4 Å². The molecule has 0 bridgehead atoms. The summed E-state index contributed by atoms with van der Waals surface area (Å²) in [6.45, 7) is 1.93. The third kappa shape index (κ3) is 3.71. The summed E-state index contributed by atoms with van der Waals surface area (Å²) in [5.74, 6) is 0.960. The van der Waals surface area contributed by atoms with Crippen LogP contribution in [0.25, 0.3) is 0 Å². The Morgan fingerprint density at radius 1 is 1.30 bits per heavy atom. The number of rotatable bonds is 5. The first-order valence-electron chi connectivity index (χ1n) is 7.56. The average molecular weight is 332 g/mol. The number of hydrogen-bond acceptors (Lipinski definition) is 5. The van der Waals surface area contributed by atoms with Gasteiger partial charge in [0.05, 0.1) is 32.4 Å². The fraction of sp³-hybridized carbons (Fsp3) is 0.412. The van der Waals surface area contributed by atoms with Crippen molar-refractivity contribution >= 4 is 17.2 Å². The van der Waals surface area contributed by atoms with Crippen molar-refractivity contribution in [2.24, 2.45) is 0 Å². The SMILES string of the molecule is COCc1nc2c(s1)CN(C(=O)Cc1ccc(OC)cc1)CC2. The van der Waals surface area contributed by atoms with Gasteiger partial charge >= 0.3 is 0 Å².